The van der Waals surface area contributed by atoms with E-state index in [1.807, 2.05) is 49.2 Å². The Kier molecular flexibility index (Phi) is 5.06. The molecule has 2 rings (SSSR count). The molecule has 1 aromatic carbocycles. The van der Waals surface area contributed by atoms with Crippen LogP contribution >= 0.6 is 0 Å². The van der Waals surface area contributed by atoms with Gasteiger partial charge in [-0.15, -0.1) is 6.58 Å². The fourth-order valence-corrected chi connectivity index (χ4v) is 2.11. The first-order chi connectivity index (χ1) is 10.1. The number of rotatable bonds is 6. The van der Waals surface area contributed by atoms with Crippen LogP contribution in [-0.2, 0) is 11.3 Å². The molecule has 0 radical (unpaired) electrons. The lowest BCUT2D eigenvalue weighted by Gasteiger charge is -2.23. The van der Waals surface area contributed by atoms with Crippen LogP contribution in [-0.4, -0.2) is 35.4 Å². The molecule has 4 nitrogen and oxygen atoms in total. The van der Waals surface area contributed by atoms with Crippen LogP contribution in [0, 0.1) is 0 Å². The topological polar surface area (TPSA) is 45.2 Å². The van der Waals surface area contributed by atoms with Crippen molar-refractivity contribution in [2.45, 2.75) is 19.5 Å². The number of pyridine rings is 1. The Balaban J connectivity index is 2.04. The highest BCUT2D eigenvalue weighted by Crippen LogP contribution is 2.13. The number of carbonyl (C=O) groups is 1. The van der Waals surface area contributed by atoms with Crippen LogP contribution in [0.25, 0.3) is 10.9 Å². The number of fused-ring (bicyclic) bond motifs is 1. The van der Waals surface area contributed by atoms with Crippen LogP contribution in [0.2, 0.25) is 0 Å². The SMILES string of the molecule is C=CCNC(=O)[C@@H](C)N(C)Cc1ccc2ccccc2n1. The Labute approximate surface area is 125 Å². The van der Waals surface area contributed by atoms with Gasteiger partial charge in [0.05, 0.1) is 17.3 Å². The first kappa shape index (κ1) is 15.2. The highest BCUT2D eigenvalue weighted by atomic mass is 16.2. The smallest absolute Gasteiger partial charge is 0.237 e. The molecule has 1 heterocycles. The standard InChI is InChI=1S/C17H21N3O/c1-4-11-18-17(21)13(2)20(3)12-15-10-9-14-7-5-6-8-16(14)19-15/h4-10,13H,1,11-12H2,2-3H3,(H,18,21)/t13-/m1/s1. The summed E-state index contributed by atoms with van der Waals surface area (Å²) in [4.78, 5) is 18.5. The van der Waals surface area contributed by atoms with Crippen molar-refractivity contribution in [1.29, 1.82) is 0 Å². The molecule has 1 atom stereocenters. The average Bonchev–Trinajstić information content (AvgIpc) is 2.51. The summed E-state index contributed by atoms with van der Waals surface area (Å²) >= 11 is 0. The molecule has 0 unspecified atom stereocenters. The number of carbonyl (C=O) groups excluding carboxylic acids is 1. The highest BCUT2D eigenvalue weighted by molar-refractivity contribution is 5.81. The summed E-state index contributed by atoms with van der Waals surface area (Å²) in [6.07, 6.45) is 1.68. The van der Waals surface area contributed by atoms with Crippen molar-refractivity contribution in [1.82, 2.24) is 15.2 Å². The maximum atomic E-state index is 11.9. The molecule has 0 saturated heterocycles. The molecule has 110 valence electrons. The number of nitrogens with zero attached hydrogens (tertiary/aromatic N) is 2. The van der Waals surface area contributed by atoms with E-state index in [0.717, 1.165) is 16.6 Å². The van der Waals surface area contributed by atoms with Gasteiger partial charge in [-0.1, -0.05) is 30.3 Å². The second kappa shape index (κ2) is 6.99. The van der Waals surface area contributed by atoms with Crippen LogP contribution in [0.3, 0.4) is 0 Å². The number of hydrogen-bond donors (Lipinski definition) is 1. The Bertz CT molecular complexity index is 639. The fraction of sp³-hybridized carbons (Fsp3) is 0.294. The summed E-state index contributed by atoms with van der Waals surface area (Å²) in [6.45, 7) is 6.61. The third-order valence-electron chi connectivity index (χ3n) is 3.53. The number of benzene rings is 1. The molecule has 0 fully saturated rings. The number of nitrogens with one attached hydrogen (secondary N) is 1. The van der Waals surface area contributed by atoms with Gasteiger partial charge in [0.2, 0.25) is 5.91 Å². The first-order valence-corrected chi connectivity index (χ1v) is 7.05. The predicted octanol–water partition coefficient (Wildman–Crippen LogP) is 2.36. The maximum Gasteiger partial charge on any atom is 0.237 e. The third-order valence-corrected chi connectivity index (χ3v) is 3.53. The molecule has 0 bridgehead atoms. The van der Waals surface area contributed by atoms with Gasteiger partial charge in [0.15, 0.2) is 0 Å². The van der Waals surface area contributed by atoms with Crippen LogP contribution < -0.4 is 5.32 Å². The van der Waals surface area contributed by atoms with Gasteiger partial charge in [0.25, 0.3) is 0 Å². The van der Waals surface area contributed by atoms with Crippen molar-refractivity contribution in [3.05, 3.63) is 54.7 Å². The first-order valence-electron chi connectivity index (χ1n) is 7.05. The van der Waals surface area contributed by atoms with E-state index in [1.54, 1.807) is 6.08 Å². The zero-order valence-corrected chi connectivity index (χ0v) is 12.5. The van der Waals surface area contributed by atoms with Crippen molar-refractivity contribution in [3.8, 4) is 0 Å². The predicted molar refractivity (Wildman–Crippen MR) is 85.9 cm³/mol. The van der Waals surface area contributed by atoms with Crippen LogP contribution in [0.5, 0.6) is 0 Å². The molecule has 4 heteroatoms. The fourth-order valence-electron chi connectivity index (χ4n) is 2.11. The largest absolute Gasteiger partial charge is 0.351 e. The minimum Gasteiger partial charge on any atom is -0.351 e. The minimum absolute atomic E-state index is 0.00168. The maximum absolute atomic E-state index is 11.9. The summed E-state index contributed by atoms with van der Waals surface area (Å²) in [5, 5.41) is 3.93. The molecule has 2 aromatic rings. The number of aromatic nitrogens is 1. The molecule has 21 heavy (non-hydrogen) atoms. The van der Waals surface area contributed by atoms with E-state index in [4.69, 9.17) is 0 Å². The number of likely N-dealkylation sites (N-methyl/N-ethyl adjacent to an activating group) is 1. The third kappa shape index (κ3) is 3.89. The van der Waals surface area contributed by atoms with Gasteiger partial charge in [-0.05, 0) is 26.1 Å². The molecular weight excluding hydrogens is 262 g/mol. The average molecular weight is 283 g/mol. The van der Waals surface area contributed by atoms with Crippen molar-refractivity contribution in [2.24, 2.45) is 0 Å². The number of amides is 1. The second-order valence-corrected chi connectivity index (χ2v) is 5.12. The monoisotopic (exact) mass is 283 g/mol. The number of para-hydroxylation sites is 1. The molecule has 0 aliphatic heterocycles. The van der Waals surface area contributed by atoms with E-state index >= 15 is 0 Å². The molecule has 1 N–H and O–H groups in total. The summed E-state index contributed by atoms with van der Waals surface area (Å²) < 4.78 is 0. The Morgan fingerprint density at radius 2 is 2.14 bits per heavy atom. The molecule has 0 spiro atoms. The summed E-state index contributed by atoms with van der Waals surface area (Å²) in [5.41, 5.74) is 1.94. The van der Waals surface area contributed by atoms with Crippen molar-refractivity contribution < 1.29 is 4.79 Å². The van der Waals surface area contributed by atoms with E-state index in [1.165, 1.54) is 0 Å². The van der Waals surface area contributed by atoms with Crippen LogP contribution in [0.4, 0.5) is 0 Å². The van der Waals surface area contributed by atoms with E-state index in [-0.39, 0.29) is 11.9 Å². The Morgan fingerprint density at radius 1 is 1.38 bits per heavy atom. The molecule has 1 aromatic heterocycles. The van der Waals surface area contributed by atoms with Crippen molar-refractivity contribution >= 4 is 16.8 Å². The quantitative estimate of drug-likeness (QED) is 0.828. The zero-order chi connectivity index (χ0) is 15.2. The molecular formula is C17H21N3O. The Morgan fingerprint density at radius 3 is 2.90 bits per heavy atom. The second-order valence-electron chi connectivity index (χ2n) is 5.12. The van der Waals surface area contributed by atoms with Gasteiger partial charge in [-0.25, -0.2) is 0 Å². The van der Waals surface area contributed by atoms with Gasteiger partial charge < -0.3 is 5.32 Å². The van der Waals surface area contributed by atoms with Gasteiger partial charge in [0, 0.05) is 18.5 Å². The minimum atomic E-state index is -0.210. The van der Waals surface area contributed by atoms with Gasteiger partial charge in [0.1, 0.15) is 0 Å². The van der Waals surface area contributed by atoms with Crippen LogP contribution in [0.1, 0.15) is 12.6 Å². The van der Waals surface area contributed by atoms with Gasteiger partial charge in [-0.3, -0.25) is 14.7 Å². The number of hydrogen-bond acceptors (Lipinski definition) is 3. The van der Waals surface area contributed by atoms with E-state index in [0.29, 0.717) is 13.1 Å². The zero-order valence-electron chi connectivity index (χ0n) is 12.5. The Hall–Kier alpha value is -2.20. The van der Waals surface area contributed by atoms with Crippen molar-refractivity contribution in [3.63, 3.8) is 0 Å². The van der Waals surface area contributed by atoms with Crippen molar-refractivity contribution in [2.75, 3.05) is 13.6 Å². The van der Waals surface area contributed by atoms with Gasteiger partial charge >= 0.3 is 0 Å². The van der Waals surface area contributed by atoms with Crippen LogP contribution in [0.15, 0.2) is 49.1 Å². The molecule has 1 amide bonds. The summed E-state index contributed by atoms with van der Waals surface area (Å²) in [7, 11) is 1.93. The lowest BCUT2D eigenvalue weighted by atomic mass is 10.2. The molecule has 0 aliphatic carbocycles. The summed E-state index contributed by atoms with van der Waals surface area (Å²) in [5.74, 6) is -0.00168. The molecule has 0 saturated carbocycles. The van der Waals surface area contributed by atoms with E-state index < -0.39 is 0 Å². The van der Waals surface area contributed by atoms with Gasteiger partial charge in [-0.2, -0.15) is 0 Å². The van der Waals surface area contributed by atoms with E-state index in [9.17, 15) is 4.79 Å². The lowest BCUT2D eigenvalue weighted by Crippen LogP contribution is -2.43. The summed E-state index contributed by atoms with van der Waals surface area (Å²) in [6, 6.07) is 11.9. The normalized spacial score (nSPS) is 12.3. The van der Waals surface area contributed by atoms with E-state index in [2.05, 4.69) is 22.9 Å². The molecule has 0 aliphatic rings. The lowest BCUT2D eigenvalue weighted by molar-refractivity contribution is -0.125. The highest BCUT2D eigenvalue weighted by Gasteiger charge is 2.17.